The summed E-state index contributed by atoms with van der Waals surface area (Å²) in [5.74, 6) is 0. The van der Waals surface area contributed by atoms with Crippen LogP contribution in [0.2, 0.25) is 0 Å². The summed E-state index contributed by atoms with van der Waals surface area (Å²) in [6.07, 6.45) is 0. The van der Waals surface area contributed by atoms with Gasteiger partial charge in [-0.3, -0.25) is 0 Å². The molecule has 0 bridgehead atoms. The van der Waals surface area contributed by atoms with E-state index < -0.39 is 0 Å². The Morgan fingerprint density at radius 3 is 2.16 bits per heavy atom. The van der Waals surface area contributed by atoms with E-state index in [-0.39, 0.29) is 0 Å². The van der Waals surface area contributed by atoms with Crippen LogP contribution >= 0.6 is 0 Å². The summed E-state index contributed by atoms with van der Waals surface area (Å²) in [4.78, 5) is 0. The van der Waals surface area contributed by atoms with Gasteiger partial charge in [-0.05, 0) is 48.7 Å². The molecule has 0 aliphatic rings. The lowest BCUT2D eigenvalue weighted by Crippen LogP contribution is -2.33. The average Bonchev–Trinajstić information content (AvgIpc) is 2.64. The molecule has 4 aromatic rings. The molecule has 3 aromatic carbocycles. The molecule has 0 atom stereocenters. The first-order valence-corrected chi connectivity index (χ1v) is 8.70. The first-order valence-electron chi connectivity index (χ1n) is 8.70. The molecule has 0 fully saturated rings. The van der Waals surface area contributed by atoms with Crippen LogP contribution in [-0.4, -0.2) is 0 Å². The van der Waals surface area contributed by atoms with Gasteiger partial charge in [-0.1, -0.05) is 54.6 Å². The fourth-order valence-electron chi connectivity index (χ4n) is 3.68. The first-order chi connectivity index (χ1) is 12.1. The highest BCUT2D eigenvalue weighted by Crippen LogP contribution is 2.30. The lowest BCUT2D eigenvalue weighted by Gasteiger charge is -2.11. The van der Waals surface area contributed by atoms with Crippen molar-refractivity contribution >= 4 is 10.9 Å². The number of rotatable bonds is 2. The molecule has 1 heterocycles. The minimum Gasteiger partial charge on any atom is -0.194 e. The number of pyridine rings is 1. The number of hydrogen-bond donors (Lipinski definition) is 0. The number of benzene rings is 3. The molecule has 0 saturated heterocycles. The third-order valence-corrected chi connectivity index (χ3v) is 4.98. The third kappa shape index (κ3) is 2.72. The van der Waals surface area contributed by atoms with Crippen LogP contribution in [-0.2, 0) is 7.05 Å². The molecule has 0 saturated carbocycles. The van der Waals surface area contributed by atoms with E-state index in [0.717, 1.165) is 0 Å². The second-order valence-electron chi connectivity index (χ2n) is 6.69. The second-order valence-corrected chi connectivity index (χ2v) is 6.69. The fraction of sp³-hybridized carbons (Fsp3) is 0.125. The molecule has 1 nitrogen and oxygen atoms in total. The zero-order chi connectivity index (χ0) is 17.4. The van der Waals surface area contributed by atoms with Gasteiger partial charge in [0.1, 0.15) is 7.05 Å². The molecular formula is C24H22N+. The molecule has 0 radical (unpaired) electrons. The number of para-hydroxylation sites is 1. The molecular weight excluding hydrogens is 302 g/mol. The highest BCUT2D eigenvalue weighted by molar-refractivity contribution is 5.81. The van der Waals surface area contributed by atoms with Crippen LogP contribution in [0, 0.1) is 13.8 Å². The van der Waals surface area contributed by atoms with Crippen molar-refractivity contribution in [1.82, 2.24) is 0 Å². The molecule has 0 amide bonds. The van der Waals surface area contributed by atoms with Crippen molar-refractivity contribution < 1.29 is 4.57 Å². The monoisotopic (exact) mass is 324 g/mol. The van der Waals surface area contributed by atoms with Crippen molar-refractivity contribution in [3.8, 4) is 22.4 Å². The molecule has 122 valence electrons. The summed E-state index contributed by atoms with van der Waals surface area (Å²) in [7, 11) is 2.17. The van der Waals surface area contributed by atoms with Crippen molar-refractivity contribution in [1.29, 1.82) is 0 Å². The number of nitrogens with zero attached hydrogens (tertiary/aromatic N) is 1. The van der Waals surface area contributed by atoms with Crippen molar-refractivity contribution in [2.45, 2.75) is 13.8 Å². The Bertz CT molecular complexity index is 1060. The molecule has 0 spiro atoms. The molecule has 0 aliphatic carbocycles. The molecule has 1 aromatic heterocycles. The predicted octanol–water partition coefficient (Wildman–Crippen LogP) is 5.62. The van der Waals surface area contributed by atoms with Gasteiger partial charge in [0.2, 0.25) is 11.2 Å². The zero-order valence-corrected chi connectivity index (χ0v) is 15.0. The Morgan fingerprint density at radius 2 is 1.36 bits per heavy atom. The largest absolute Gasteiger partial charge is 0.215 e. The third-order valence-electron chi connectivity index (χ3n) is 4.98. The molecule has 0 aliphatic heterocycles. The lowest BCUT2D eigenvalue weighted by molar-refractivity contribution is -0.633. The smallest absolute Gasteiger partial charge is 0.194 e. The Morgan fingerprint density at radius 1 is 0.640 bits per heavy atom. The zero-order valence-electron chi connectivity index (χ0n) is 15.0. The minimum atomic E-state index is 1.25. The van der Waals surface area contributed by atoms with Gasteiger partial charge in [0.15, 0.2) is 0 Å². The van der Waals surface area contributed by atoms with Crippen LogP contribution in [0.4, 0.5) is 0 Å². The van der Waals surface area contributed by atoms with Gasteiger partial charge >= 0.3 is 0 Å². The van der Waals surface area contributed by atoms with Gasteiger partial charge in [-0.2, -0.15) is 4.57 Å². The fourth-order valence-corrected chi connectivity index (χ4v) is 3.68. The summed E-state index contributed by atoms with van der Waals surface area (Å²) in [5, 5.41) is 1.28. The second kappa shape index (κ2) is 6.18. The van der Waals surface area contributed by atoms with Crippen molar-refractivity contribution in [2.75, 3.05) is 0 Å². The van der Waals surface area contributed by atoms with E-state index in [1.807, 2.05) is 0 Å². The van der Waals surface area contributed by atoms with Gasteiger partial charge in [0.05, 0.1) is 0 Å². The number of hydrogen-bond acceptors (Lipinski definition) is 0. The molecule has 25 heavy (non-hydrogen) atoms. The van der Waals surface area contributed by atoms with Crippen LogP contribution in [0.25, 0.3) is 33.3 Å². The van der Waals surface area contributed by atoms with Gasteiger partial charge in [0.25, 0.3) is 0 Å². The number of aryl methyl sites for hydroxylation is 3. The number of fused-ring (bicyclic) bond motifs is 1. The summed E-state index contributed by atoms with van der Waals surface area (Å²) in [6, 6.07) is 28.2. The maximum Gasteiger partial charge on any atom is 0.215 e. The highest BCUT2D eigenvalue weighted by Gasteiger charge is 2.19. The van der Waals surface area contributed by atoms with E-state index in [4.69, 9.17) is 0 Å². The highest BCUT2D eigenvalue weighted by atomic mass is 14.9. The van der Waals surface area contributed by atoms with Gasteiger partial charge in [-0.25, -0.2) is 0 Å². The summed E-state index contributed by atoms with van der Waals surface area (Å²) in [6.45, 7) is 4.40. The number of aromatic nitrogens is 1. The van der Waals surface area contributed by atoms with Crippen LogP contribution in [0.15, 0.2) is 78.9 Å². The van der Waals surface area contributed by atoms with Gasteiger partial charge in [-0.15, -0.1) is 0 Å². The summed E-state index contributed by atoms with van der Waals surface area (Å²) in [5.41, 5.74) is 8.95. The van der Waals surface area contributed by atoms with Crippen LogP contribution < -0.4 is 4.57 Å². The Balaban J connectivity index is 1.97. The van der Waals surface area contributed by atoms with Crippen molar-refractivity contribution in [3.63, 3.8) is 0 Å². The van der Waals surface area contributed by atoms with E-state index in [2.05, 4.69) is 104 Å². The average molecular weight is 324 g/mol. The molecule has 0 N–H and O–H groups in total. The molecule has 1 heteroatoms. The standard InChI is InChI=1S/C24H22N/c1-17-13-14-20(19-9-5-4-6-10-19)16-22(17)24-18(2)15-21-11-7-8-12-23(21)25(24)3/h4-16H,1-3H3/q+1. The van der Waals surface area contributed by atoms with Crippen LogP contribution in [0.1, 0.15) is 11.1 Å². The Kier molecular flexibility index (Phi) is 3.85. The van der Waals surface area contributed by atoms with Crippen molar-refractivity contribution in [3.05, 3.63) is 90.0 Å². The van der Waals surface area contributed by atoms with Crippen molar-refractivity contribution in [2.24, 2.45) is 7.05 Å². The van der Waals surface area contributed by atoms with E-state index in [1.165, 1.54) is 44.4 Å². The molecule has 0 unspecified atom stereocenters. The van der Waals surface area contributed by atoms with E-state index in [1.54, 1.807) is 0 Å². The topological polar surface area (TPSA) is 3.88 Å². The van der Waals surface area contributed by atoms with E-state index in [9.17, 15) is 0 Å². The van der Waals surface area contributed by atoms with E-state index >= 15 is 0 Å². The molecule has 4 rings (SSSR count). The Hall–Kier alpha value is -2.93. The maximum atomic E-state index is 2.32. The van der Waals surface area contributed by atoms with Gasteiger partial charge < -0.3 is 0 Å². The first kappa shape index (κ1) is 15.6. The summed E-state index contributed by atoms with van der Waals surface area (Å²) >= 11 is 0. The Labute approximate surface area is 149 Å². The lowest BCUT2D eigenvalue weighted by atomic mass is 9.95. The van der Waals surface area contributed by atoms with E-state index in [0.29, 0.717) is 0 Å². The summed E-state index contributed by atoms with van der Waals surface area (Å²) < 4.78 is 2.32. The normalized spacial score (nSPS) is 11.0. The maximum absolute atomic E-state index is 2.32. The SMILES string of the molecule is Cc1ccc(-c2ccccc2)cc1-c1c(C)cc2ccccc2[n+]1C. The van der Waals surface area contributed by atoms with Gasteiger partial charge in [0, 0.05) is 22.6 Å². The van der Waals surface area contributed by atoms with Crippen LogP contribution in [0.5, 0.6) is 0 Å². The minimum absolute atomic E-state index is 1.25. The quantitative estimate of drug-likeness (QED) is 0.422. The van der Waals surface area contributed by atoms with Crippen LogP contribution in [0.3, 0.4) is 0 Å². The predicted molar refractivity (Wildman–Crippen MR) is 105 cm³/mol.